The molecule has 0 atom stereocenters. The molecule has 0 radical (unpaired) electrons. The number of nitrogens with one attached hydrogen (secondary N) is 2. The molecule has 0 saturated heterocycles. The van der Waals surface area contributed by atoms with Crippen LogP contribution in [0.3, 0.4) is 0 Å². The minimum Gasteiger partial charge on any atom is -0.406 e. The van der Waals surface area contributed by atoms with Crippen molar-refractivity contribution >= 4 is 23.3 Å². The minimum absolute atomic E-state index is 0.346. The Morgan fingerprint density at radius 2 is 2.16 bits per heavy atom. The quantitative estimate of drug-likeness (QED) is 0.795. The summed E-state index contributed by atoms with van der Waals surface area (Å²) in [6.07, 6.45) is 1.07. The fourth-order valence-corrected chi connectivity index (χ4v) is 1.87. The molecule has 0 aliphatic carbocycles. The summed E-state index contributed by atoms with van der Waals surface area (Å²) < 4.78 is 5.46. The first-order valence-electron chi connectivity index (χ1n) is 6.25. The van der Waals surface area contributed by atoms with Crippen LogP contribution in [0.1, 0.15) is 24.8 Å². The van der Waals surface area contributed by atoms with Gasteiger partial charge in [-0.25, -0.2) is 0 Å². The van der Waals surface area contributed by atoms with Gasteiger partial charge in [0, 0.05) is 0 Å². The monoisotopic (exact) mass is 280 g/mol. The molecule has 1 heterocycles. The second-order valence-corrected chi connectivity index (χ2v) is 4.69. The van der Waals surface area contributed by atoms with Crippen molar-refractivity contribution in [3.05, 3.63) is 34.7 Å². The molecular weight excluding hydrogens is 264 g/mol. The predicted octanol–water partition coefficient (Wildman–Crippen LogP) is 3.27. The molecule has 6 heteroatoms. The largest absolute Gasteiger partial charge is 0.406 e. The third-order valence-corrected chi connectivity index (χ3v) is 2.85. The first kappa shape index (κ1) is 13.8. The summed E-state index contributed by atoms with van der Waals surface area (Å²) in [6, 6.07) is 6.08. The molecule has 0 aliphatic heterocycles. The summed E-state index contributed by atoms with van der Waals surface area (Å²) in [6.45, 7) is 5.59. The van der Waals surface area contributed by atoms with Gasteiger partial charge in [0.1, 0.15) is 0 Å². The van der Waals surface area contributed by atoms with Gasteiger partial charge in [-0.3, -0.25) is 0 Å². The predicted molar refractivity (Wildman–Crippen MR) is 75.8 cm³/mol. The average Bonchev–Trinajstić information content (AvgIpc) is 2.81. The van der Waals surface area contributed by atoms with Gasteiger partial charge in [0.05, 0.1) is 17.3 Å². The Labute approximate surface area is 117 Å². The topological polar surface area (TPSA) is 63.0 Å². The van der Waals surface area contributed by atoms with Crippen LogP contribution < -0.4 is 10.6 Å². The van der Waals surface area contributed by atoms with Crippen molar-refractivity contribution in [3.63, 3.8) is 0 Å². The Morgan fingerprint density at radius 1 is 1.32 bits per heavy atom. The van der Waals surface area contributed by atoms with Gasteiger partial charge in [-0.15, -0.1) is 5.10 Å². The molecule has 102 valence electrons. The number of hydrogen-bond donors (Lipinski definition) is 2. The number of halogens is 1. The SMILES string of the molecule is CCCNCc1nnc(Nc2ccc(C)cc2Cl)o1. The van der Waals surface area contributed by atoms with Crippen molar-refractivity contribution in [2.75, 3.05) is 11.9 Å². The Morgan fingerprint density at radius 3 is 2.89 bits per heavy atom. The highest BCUT2D eigenvalue weighted by Gasteiger charge is 2.07. The zero-order valence-corrected chi connectivity index (χ0v) is 11.8. The van der Waals surface area contributed by atoms with E-state index in [1.54, 1.807) is 0 Å². The summed E-state index contributed by atoms with van der Waals surface area (Å²) in [7, 11) is 0. The van der Waals surface area contributed by atoms with Crippen molar-refractivity contribution in [2.45, 2.75) is 26.8 Å². The third kappa shape index (κ3) is 3.94. The van der Waals surface area contributed by atoms with Crippen LogP contribution in [-0.2, 0) is 6.54 Å². The Bertz CT molecular complexity index is 541. The van der Waals surface area contributed by atoms with Crippen LogP contribution in [-0.4, -0.2) is 16.7 Å². The van der Waals surface area contributed by atoms with E-state index in [-0.39, 0.29) is 0 Å². The van der Waals surface area contributed by atoms with Crippen molar-refractivity contribution in [2.24, 2.45) is 0 Å². The summed E-state index contributed by atoms with van der Waals surface area (Å²) in [5, 5.41) is 14.7. The van der Waals surface area contributed by atoms with Crippen LogP contribution in [0.25, 0.3) is 0 Å². The van der Waals surface area contributed by atoms with E-state index in [1.165, 1.54) is 0 Å². The number of benzene rings is 1. The standard InChI is InChI=1S/C13H17ClN4O/c1-3-6-15-8-12-17-18-13(19-12)16-11-5-4-9(2)7-10(11)14/h4-5,7,15H,3,6,8H2,1-2H3,(H,16,18). The van der Waals surface area contributed by atoms with E-state index in [9.17, 15) is 0 Å². The second kappa shape index (κ2) is 6.54. The Balaban J connectivity index is 1.99. The van der Waals surface area contributed by atoms with Crippen molar-refractivity contribution in [3.8, 4) is 0 Å². The molecular formula is C13H17ClN4O. The molecule has 1 aromatic heterocycles. The Hall–Kier alpha value is -1.59. The molecule has 0 spiro atoms. The molecule has 2 N–H and O–H groups in total. The fraction of sp³-hybridized carbons (Fsp3) is 0.385. The molecule has 2 aromatic rings. The highest BCUT2D eigenvalue weighted by molar-refractivity contribution is 6.33. The van der Waals surface area contributed by atoms with Crippen LogP contribution in [0.15, 0.2) is 22.6 Å². The molecule has 1 aromatic carbocycles. The number of aryl methyl sites for hydroxylation is 1. The van der Waals surface area contributed by atoms with Gasteiger partial charge in [0.25, 0.3) is 0 Å². The van der Waals surface area contributed by atoms with Crippen LogP contribution in [0.5, 0.6) is 0 Å². The molecule has 0 unspecified atom stereocenters. The van der Waals surface area contributed by atoms with E-state index in [1.807, 2.05) is 25.1 Å². The maximum Gasteiger partial charge on any atom is 0.320 e. The van der Waals surface area contributed by atoms with Crippen molar-refractivity contribution in [1.29, 1.82) is 0 Å². The van der Waals surface area contributed by atoms with Gasteiger partial charge in [-0.1, -0.05) is 29.7 Å². The van der Waals surface area contributed by atoms with Gasteiger partial charge < -0.3 is 15.1 Å². The lowest BCUT2D eigenvalue weighted by atomic mass is 10.2. The maximum atomic E-state index is 6.12. The molecule has 5 nitrogen and oxygen atoms in total. The zero-order valence-electron chi connectivity index (χ0n) is 11.0. The number of hydrogen-bond acceptors (Lipinski definition) is 5. The van der Waals surface area contributed by atoms with Crippen molar-refractivity contribution in [1.82, 2.24) is 15.5 Å². The van der Waals surface area contributed by atoms with Crippen molar-refractivity contribution < 1.29 is 4.42 Å². The molecule has 0 amide bonds. The zero-order chi connectivity index (χ0) is 13.7. The number of anilines is 2. The molecule has 19 heavy (non-hydrogen) atoms. The number of aromatic nitrogens is 2. The van der Waals surface area contributed by atoms with Gasteiger partial charge in [0.2, 0.25) is 5.89 Å². The van der Waals surface area contributed by atoms with E-state index >= 15 is 0 Å². The average molecular weight is 281 g/mol. The highest BCUT2D eigenvalue weighted by Crippen LogP contribution is 2.25. The van der Waals surface area contributed by atoms with E-state index in [0.717, 1.165) is 24.2 Å². The first-order valence-corrected chi connectivity index (χ1v) is 6.63. The molecule has 0 fully saturated rings. The number of rotatable bonds is 6. The lowest BCUT2D eigenvalue weighted by Crippen LogP contribution is -2.13. The first-order chi connectivity index (χ1) is 9.19. The summed E-state index contributed by atoms with van der Waals surface area (Å²) in [4.78, 5) is 0. The van der Waals surface area contributed by atoms with Crippen LogP contribution >= 0.6 is 11.6 Å². The molecule has 2 rings (SSSR count). The summed E-state index contributed by atoms with van der Waals surface area (Å²) in [5.41, 5.74) is 1.86. The summed E-state index contributed by atoms with van der Waals surface area (Å²) in [5.74, 6) is 0.555. The van der Waals surface area contributed by atoms with Gasteiger partial charge >= 0.3 is 6.01 Å². The second-order valence-electron chi connectivity index (χ2n) is 4.29. The fourth-order valence-electron chi connectivity index (χ4n) is 1.58. The van der Waals surface area contributed by atoms with E-state index in [2.05, 4.69) is 27.8 Å². The minimum atomic E-state index is 0.346. The lowest BCUT2D eigenvalue weighted by Gasteiger charge is -2.04. The normalized spacial score (nSPS) is 10.7. The maximum absolute atomic E-state index is 6.12. The van der Waals surface area contributed by atoms with Crippen LogP contribution in [0.2, 0.25) is 5.02 Å². The molecule has 0 aliphatic rings. The van der Waals surface area contributed by atoms with Crippen LogP contribution in [0.4, 0.5) is 11.7 Å². The lowest BCUT2D eigenvalue weighted by molar-refractivity contribution is 0.479. The molecule has 0 saturated carbocycles. The number of nitrogens with zero attached hydrogens (tertiary/aromatic N) is 2. The van der Waals surface area contributed by atoms with E-state index in [0.29, 0.717) is 23.5 Å². The molecule has 0 bridgehead atoms. The third-order valence-electron chi connectivity index (χ3n) is 2.54. The Kier molecular flexibility index (Phi) is 4.76. The highest BCUT2D eigenvalue weighted by atomic mass is 35.5. The van der Waals surface area contributed by atoms with E-state index in [4.69, 9.17) is 16.0 Å². The van der Waals surface area contributed by atoms with Gasteiger partial charge in [-0.05, 0) is 37.6 Å². The van der Waals surface area contributed by atoms with Gasteiger partial charge in [-0.2, -0.15) is 0 Å². The smallest absolute Gasteiger partial charge is 0.320 e. The van der Waals surface area contributed by atoms with E-state index < -0.39 is 0 Å². The van der Waals surface area contributed by atoms with Crippen LogP contribution in [0, 0.1) is 6.92 Å². The van der Waals surface area contributed by atoms with Gasteiger partial charge in [0.15, 0.2) is 0 Å². The summed E-state index contributed by atoms with van der Waals surface area (Å²) >= 11 is 6.12.